The van der Waals surface area contributed by atoms with Crippen molar-refractivity contribution in [2.24, 2.45) is 0 Å². The molecular formula is C22H33N2O2+. The van der Waals surface area contributed by atoms with Crippen molar-refractivity contribution in [2.45, 2.75) is 51.2 Å². The zero-order chi connectivity index (χ0) is 18.6. The number of nitrogens with zero attached hydrogens (tertiary/aromatic N) is 1. The maximum Gasteiger partial charge on any atom is 0.142 e. The average molecular weight is 358 g/mol. The lowest BCUT2D eigenvalue weighted by Crippen LogP contribution is -3.14. The van der Waals surface area contributed by atoms with E-state index in [1.807, 2.05) is 12.1 Å². The highest BCUT2D eigenvalue weighted by Gasteiger charge is 2.36. The fraction of sp³-hybridized carbons (Fsp3) is 0.636. The van der Waals surface area contributed by atoms with Crippen LogP contribution in [0.5, 0.6) is 5.75 Å². The molecule has 0 saturated carbocycles. The quantitative estimate of drug-likeness (QED) is 0.840. The monoisotopic (exact) mass is 357 g/mol. The molecule has 1 atom stereocenters. The number of benzene rings is 1. The van der Waals surface area contributed by atoms with Gasteiger partial charge in [-0.15, -0.1) is 0 Å². The van der Waals surface area contributed by atoms with E-state index in [1.165, 1.54) is 12.1 Å². The maximum absolute atomic E-state index is 6.25. The fourth-order valence-corrected chi connectivity index (χ4v) is 4.14. The van der Waals surface area contributed by atoms with Crippen molar-refractivity contribution in [2.75, 3.05) is 44.7 Å². The summed E-state index contributed by atoms with van der Waals surface area (Å²) in [5.41, 5.74) is 0.875. The van der Waals surface area contributed by atoms with Gasteiger partial charge < -0.3 is 19.3 Å². The van der Waals surface area contributed by atoms with Gasteiger partial charge in [-0.1, -0.05) is 18.1 Å². The normalized spacial score (nSPS) is 26.1. The Kier molecular flexibility index (Phi) is 5.79. The average Bonchev–Trinajstić information content (AvgIpc) is 2.61. The second kappa shape index (κ2) is 7.90. The number of methoxy groups -OCH3 is 1. The fourth-order valence-electron chi connectivity index (χ4n) is 4.14. The molecule has 2 heterocycles. The molecule has 2 fully saturated rings. The summed E-state index contributed by atoms with van der Waals surface area (Å²) in [5, 5.41) is 0. The Morgan fingerprint density at radius 3 is 2.58 bits per heavy atom. The van der Waals surface area contributed by atoms with Crippen LogP contribution in [-0.4, -0.2) is 51.0 Å². The minimum Gasteiger partial charge on any atom is -0.495 e. The number of para-hydroxylation sites is 2. The number of hydrogen-bond donors (Lipinski definition) is 1. The van der Waals surface area contributed by atoms with Crippen LogP contribution in [0.4, 0.5) is 5.69 Å². The third-order valence-electron chi connectivity index (χ3n) is 5.52. The SMILES string of the molecule is COc1ccccc1N1CC[NH+](CC#C[C@]2(C)CCCC(C)(C)O2)CC1. The molecule has 1 aromatic rings. The lowest BCUT2D eigenvalue weighted by Gasteiger charge is -2.40. The highest BCUT2D eigenvalue weighted by molar-refractivity contribution is 5.58. The zero-order valence-electron chi connectivity index (χ0n) is 16.7. The first-order valence-electron chi connectivity index (χ1n) is 9.83. The molecule has 26 heavy (non-hydrogen) atoms. The summed E-state index contributed by atoms with van der Waals surface area (Å²) in [6.07, 6.45) is 3.36. The number of quaternary nitrogens is 1. The van der Waals surface area contributed by atoms with Crippen molar-refractivity contribution in [3.05, 3.63) is 24.3 Å². The summed E-state index contributed by atoms with van der Waals surface area (Å²) < 4.78 is 11.7. The van der Waals surface area contributed by atoms with Crippen LogP contribution < -0.4 is 14.5 Å². The Bertz CT molecular complexity index is 668. The molecule has 0 bridgehead atoms. The predicted molar refractivity (Wildman–Crippen MR) is 106 cm³/mol. The Balaban J connectivity index is 1.52. The lowest BCUT2D eigenvalue weighted by molar-refractivity contribution is -0.893. The molecule has 4 heteroatoms. The van der Waals surface area contributed by atoms with Crippen LogP contribution in [0.3, 0.4) is 0 Å². The van der Waals surface area contributed by atoms with Crippen LogP contribution in [0.2, 0.25) is 0 Å². The van der Waals surface area contributed by atoms with Gasteiger partial charge in [-0.05, 0) is 58.1 Å². The highest BCUT2D eigenvalue weighted by atomic mass is 16.5. The van der Waals surface area contributed by atoms with Crippen LogP contribution >= 0.6 is 0 Å². The number of piperazine rings is 1. The molecule has 0 spiro atoms. The van der Waals surface area contributed by atoms with E-state index in [4.69, 9.17) is 9.47 Å². The van der Waals surface area contributed by atoms with E-state index in [9.17, 15) is 0 Å². The van der Waals surface area contributed by atoms with Gasteiger partial charge in [0.25, 0.3) is 0 Å². The largest absolute Gasteiger partial charge is 0.495 e. The van der Waals surface area contributed by atoms with E-state index in [2.05, 4.69) is 49.6 Å². The molecule has 0 radical (unpaired) electrons. The molecule has 142 valence electrons. The van der Waals surface area contributed by atoms with Gasteiger partial charge in [0, 0.05) is 0 Å². The molecule has 2 saturated heterocycles. The Hall–Kier alpha value is -1.70. The highest BCUT2D eigenvalue weighted by Crippen LogP contribution is 2.34. The minimum absolute atomic E-state index is 0.0467. The molecule has 0 unspecified atom stereocenters. The lowest BCUT2D eigenvalue weighted by atomic mass is 9.88. The van der Waals surface area contributed by atoms with E-state index in [-0.39, 0.29) is 11.2 Å². The van der Waals surface area contributed by atoms with Crippen molar-refractivity contribution in [3.8, 4) is 17.6 Å². The van der Waals surface area contributed by atoms with Gasteiger partial charge in [0.2, 0.25) is 0 Å². The van der Waals surface area contributed by atoms with Crippen LogP contribution in [0.1, 0.15) is 40.0 Å². The van der Waals surface area contributed by atoms with E-state index >= 15 is 0 Å². The van der Waals surface area contributed by atoms with Gasteiger partial charge in [0.15, 0.2) is 0 Å². The minimum atomic E-state index is -0.277. The van der Waals surface area contributed by atoms with Crippen molar-refractivity contribution < 1.29 is 14.4 Å². The molecule has 3 rings (SSSR count). The van der Waals surface area contributed by atoms with Crippen LogP contribution in [0.25, 0.3) is 0 Å². The molecule has 4 nitrogen and oxygen atoms in total. The molecule has 1 N–H and O–H groups in total. The van der Waals surface area contributed by atoms with Gasteiger partial charge in [-0.2, -0.15) is 0 Å². The Morgan fingerprint density at radius 2 is 1.88 bits per heavy atom. The first kappa shape index (κ1) is 19.1. The van der Waals surface area contributed by atoms with Gasteiger partial charge in [0.05, 0.1) is 44.6 Å². The number of rotatable bonds is 3. The predicted octanol–water partition coefficient (Wildman–Crippen LogP) is 2.14. The number of hydrogen-bond acceptors (Lipinski definition) is 3. The molecule has 1 aromatic carbocycles. The third kappa shape index (κ3) is 4.72. The maximum atomic E-state index is 6.25. The second-order valence-electron chi connectivity index (χ2n) is 8.33. The van der Waals surface area contributed by atoms with Crippen molar-refractivity contribution in [3.63, 3.8) is 0 Å². The van der Waals surface area contributed by atoms with E-state index < -0.39 is 0 Å². The zero-order valence-corrected chi connectivity index (χ0v) is 16.7. The molecule has 2 aliphatic heterocycles. The first-order chi connectivity index (χ1) is 12.4. The summed E-state index contributed by atoms with van der Waals surface area (Å²) in [6.45, 7) is 11.7. The van der Waals surface area contributed by atoms with Crippen LogP contribution in [0, 0.1) is 11.8 Å². The number of anilines is 1. The van der Waals surface area contributed by atoms with E-state index in [1.54, 1.807) is 12.0 Å². The van der Waals surface area contributed by atoms with Crippen molar-refractivity contribution in [1.29, 1.82) is 0 Å². The molecule has 0 aliphatic carbocycles. The van der Waals surface area contributed by atoms with Crippen LogP contribution in [-0.2, 0) is 4.74 Å². The standard InChI is InChI=1S/C22H32N2O2/c1-21(2)11-7-12-22(3,26-21)13-8-14-23-15-17-24(18-16-23)19-9-5-6-10-20(19)25-4/h5-6,9-10H,7,11-12,14-18H2,1-4H3/p+1/t22-/m0/s1. The van der Waals surface area contributed by atoms with Gasteiger partial charge in [-0.3, -0.25) is 0 Å². The number of nitrogens with one attached hydrogen (secondary N) is 1. The molecule has 2 aliphatic rings. The van der Waals surface area contributed by atoms with Crippen molar-refractivity contribution in [1.82, 2.24) is 0 Å². The summed E-state index contributed by atoms with van der Waals surface area (Å²) in [5.74, 6) is 7.82. The smallest absolute Gasteiger partial charge is 0.142 e. The van der Waals surface area contributed by atoms with Crippen molar-refractivity contribution >= 4 is 5.69 Å². The van der Waals surface area contributed by atoms with E-state index in [0.29, 0.717) is 0 Å². The summed E-state index contributed by atoms with van der Waals surface area (Å²) >= 11 is 0. The van der Waals surface area contributed by atoms with Gasteiger partial charge in [0.1, 0.15) is 17.9 Å². The summed E-state index contributed by atoms with van der Waals surface area (Å²) in [7, 11) is 1.74. The van der Waals surface area contributed by atoms with E-state index in [0.717, 1.165) is 51.3 Å². The molecular weight excluding hydrogens is 324 g/mol. The Labute approximate surface area is 158 Å². The van der Waals surface area contributed by atoms with Gasteiger partial charge >= 0.3 is 0 Å². The molecule has 0 aromatic heterocycles. The molecule has 0 amide bonds. The number of ether oxygens (including phenoxy) is 2. The first-order valence-corrected chi connectivity index (χ1v) is 9.83. The second-order valence-corrected chi connectivity index (χ2v) is 8.33. The van der Waals surface area contributed by atoms with Crippen LogP contribution in [0.15, 0.2) is 24.3 Å². The summed E-state index contributed by atoms with van der Waals surface area (Å²) in [4.78, 5) is 3.98. The Morgan fingerprint density at radius 1 is 1.15 bits per heavy atom. The topological polar surface area (TPSA) is 26.1 Å². The summed E-state index contributed by atoms with van der Waals surface area (Å²) in [6, 6.07) is 8.28. The third-order valence-corrected chi connectivity index (χ3v) is 5.52. The van der Waals surface area contributed by atoms with Gasteiger partial charge in [-0.25, -0.2) is 0 Å².